The van der Waals surface area contributed by atoms with E-state index in [2.05, 4.69) is 10.1 Å². The lowest BCUT2D eigenvalue weighted by Crippen LogP contribution is -2.41. The molecule has 0 N–H and O–H groups in total. The number of nitrogens with zero attached hydrogens (tertiary/aromatic N) is 4. The number of amides is 1. The Morgan fingerprint density at radius 1 is 1.33 bits per heavy atom. The molecule has 112 valence electrons. The number of furan rings is 1. The van der Waals surface area contributed by atoms with Gasteiger partial charge in [0.1, 0.15) is 17.4 Å². The lowest BCUT2D eigenvalue weighted by atomic mass is 10.1. The Morgan fingerprint density at radius 3 is 2.76 bits per heavy atom. The molecule has 0 unspecified atom stereocenters. The van der Waals surface area contributed by atoms with Gasteiger partial charge in [-0.3, -0.25) is 4.79 Å². The van der Waals surface area contributed by atoms with Gasteiger partial charge in [0, 0.05) is 13.1 Å². The van der Waals surface area contributed by atoms with Crippen LogP contribution in [0.25, 0.3) is 0 Å². The van der Waals surface area contributed by atoms with Crippen LogP contribution < -0.4 is 0 Å². The molecule has 1 atom stereocenters. The van der Waals surface area contributed by atoms with E-state index >= 15 is 0 Å². The molecule has 2 aromatic rings. The molecule has 0 aliphatic carbocycles. The maximum atomic E-state index is 12.5. The molecule has 0 bridgehead atoms. The first kappa shape index (κ1) is 13.9. The van der Waals surface area contributed by atoms with Crippen LogP contribution in [0.4, 0.5) is 0 Å². The first-order valence-corrected chi connectivity index (χ1v) is 7.30. The lowest BCUT2D eigenvalue weighted by molar-refractivity contribution is 0.0638. The summed E-state index contributed by atoms with van der Waals surface area (Å²) in [6, 6.07) is 3.76. The van der Waals surface area contributed by atoms with Gasteiger partial charge in [0.15, 0.2) is 5.76 Å². The molecule has 6 nitrogen and oxygen atoms in total. The third-order valence-electron chi connectivity index (χ3n) is 3.89. The summed E-state index contributed by atoms with van der Waals surface area (Å²) in [6.45, 7) is 7.11. The molecule has 1 aliphatic heterocycles. The Balaban J connectivity index is 1.77. The van der Waals surface area contributed by atoms with Crippen molar-refractivity contribution < 1.29 is 9.21 Å². The van der Waals surface area contributed by atoms with Crippen molar-refractivity contribution in [3.05, 3.63) is 35.3 Å². The Hall–Kier alpha value is -2.11. The summed E-state index contributed by atoms with van der Waals surface area (Å²) in [5.74, 6) is 2.81. The summed E-state index contributed by atoms with van der Waals surface area (Å²) >= 11 is 0. The fraction of sp³-hybridized carbons (Fsp3) is 0.533. The van der Waals surface area contributed by atoms with E-state index in [1.54, 1.807) is 6.07 Å². The molecule has 3 heterocycles. The number of aryl methyl sites for hydroxylation is 3. The number of piperidine rings is 1. The summed E-state index contributed by atoms with van der Waals surface area (Å²) in [7, 11) is 0. The lowest BCUT2D eigenvalue weighted by Gasteiger charge is -2.32. The van der Waals surface area contributed by atoms with Crippen LogP contribution in [0.1, 0.15) is 46.8 Å². The molecule has 0 radical (unpaired) electrons. The second-order valence-corrected chi connectivity index (χ2v) is 5.61. The Morgan fingerprint density at radius 2 is 2.14 bits per heavy atom. The van der Waals surface area contributed by atoms with Gasteiger partial charge in [-0.05, 0) is 45.7 Å². The van der Waals surface area contributed by atoms with Gasteiger partial charge < -0.3 is 9.32 Å². The maximum Gasteiger partial charge on any atom is 0.289 e. The van der Waals surface area contributed by atoms with E-state index in [1.165, 1.54) is 0 Å². The van der Waals surface area contributed by atoms with Crippen LogP contribution in [-0.4, -0.2) is 38.7 Å². The number of hydrogen-bond acceptors (Lipinski definition) is 4. The van der Waals surface area contributed by atoms with Gasteiger partial charge in [0.25, 0.3) is 5.91 Å². The first-order valence-electron chi connectivity index (χ1n) is 7.30. The van der Waals surface area contributed by atoms with Crippen molar-refractivity contribution in [1.82, 2.24) is 19.7 Å². The summed E-state index contributed by atoms with van der Waals surface area (Å²) in [4.78, 5) is 18.7. The SMILES string of the molecule is Cc1nc(C)n([C@H]2CCCN(C(=O)c3ccc(C)o3)C2)n1. The molecule has 1 saturated heterocycles. The molecule has 1 amide bonds. The number of rotatable bonds is 2. The van der Waals surface area contributed by atoms with Crippen molar-refractivity contribution in [3.8, 4) is 0 Å². The molecule has 0 saturated carbocycles. The van der Waals surface area contributed by atoms with E-state index in [1.807, 2.05) is 36.4 Å². The van der Waals surface area contributed by atoms with Crippen molar-refractivity contribution in [2.45, 2.75) is 39.7 Å². The van der Waals surface area contributed by atoms with Gasteiger partial charge >= 0.3 is 0 Å². The second kappa shape index (κ2) is 5.35. The van der Waals surface area contributed by atoms with Crippen LogP contribution in [0.5, 0.6) is 0 Å². The third-order valence-corrected chi connectivity index (χ3v) is 3.89. The van der Waals surface area contributed by atoms with E-state index in [4.69, 9.17) is 4.42 Å². The molecule has 21 heavy (non-hydrogen) atoms. The van der Waals surface area contributed by atoms with Crippen molar-refractivity contribution in [3.63, 3.8) is 0 Å². The standard InChI is InChI=1S/C15H20N4O2/c1-10-6-7-14(21-10)15(20)18-8-4-5-13(9-18)19-12(3)16-11(2)17-19/h6-7,13H,4-5,8-9H2,1-3H3/t13-/m0/s1. The van der Waals surface area contributed by atoms with Crippen LogP contribution >= 0.6 is 0 Å². The topological polar surface area (TPSA) is 64.2 Å². The third kappa shape index (κ3) is 2.70. The molecule has 1 aliphatic rings. The smallest absolute Gasteiger partial charge is 0.289 e. The normalized spacial score (nSPS) is 19.0. The molecule has 2 aromatic heterocycles. The number of hydrogen-bond donors (Lipinski definition) is 0. The van der Waals surface area contributed by atoms with Gasteiger partial charge in [0.2, 0.25) is 0 Å². The van der Waals surface area contributed by atoms with Crippen LogP contribution in [-0.2, 0) is 0 Å². The van der Waals surface area contributed by atoms with E-state index < -0.39 is 0 Å². The maximum absolute atomic E-state index is 12.5. The Bertz CT molecular complexity index is 658. The minimum atomic E-state index is -0.0395. The molecular formula is C15H20N4O2. The second-order valence-electron chi connectivity index (χ2n) is 5.61. The minimum Gasteiger partial charge on any atom is -0.456 e. The average Bonchev–Trinajstić information content (AvgIpc) is 3.04. The van der Waals surface area contributed by atoms with Crippen molar-refractivity contribution in [1.29, 1.82) is 0 Å². The van der Waals surface area contributed by atoms with E-state index in [-0.39, 0.29) is 11.9 Å². The van der Waals surface area contributed by atoms with Crippen molar-refractivity contribution in [2.75, 3.05) is 13.1 Å². The Labute approximate surface area is 123 Å². The van der Waals surface area contributed by atoms with Crippen molar-refractivity contribution >= 4 is 5.91 Å². The zero-order chi connectivity index (χ0) is 15.0. The van der Waals surface area contributed by atoms with Gasteiger partial charge in [0.05, 0.1) is 6.04 Å². The molecule has 6 heteroatoms. The monoisotopic (exact) mass is 288 g/mol. The highest BCUT2D eigenvalue weighted by Gasteiger charge is 2.28. The zero-order valence-electron chi connectivity index (χ0n) is 12.7. The molecule has 1 fully saturated rings. The summed E-state index contributed by atoms with van der Waals surface area (Å²) in [6.07, 6.45) is 1.99. The van der Waals surface area contributed by atoms with Crippen LogP contribution in [0.2, 0.25) is 0 Å². The molecule has 0 aromatic carbocycles. The van der Waals surface area contributed by atoms with Gasteiger partial charge in [-0.25, -0.2) is 9.67 Å². The van der Waals surface area contributed by atoms with Gasteiger partial charge in [-0.2, -0.15) is 5.10 Å². The van der Waals surface area contributed by atoms with Crippen molar-refractivity contribution in [2.24, 2.45) is 0 Å². The van der Waals surface area contributed by atoms with Crippen LogP contribution in [0, 0.1) is 20.8 Å². The number of carbonyl (C=O) groups is 1. The highest BCUT2D eigenvalue weighted by Crippen LogP contribution is 2.23. The fourth-order valence-electron chi connectivity index (χ4n) is 2.93. The summed E-state index contributed by atoms with van der Waals surface area (Å²) in [5.41, 5.74) is 0. The average molecular weight is 288 g/mol. The minimum absolute atomic E-state index is 0.0395. The quantitative estimate of drug-likeness (QED) is 0.850. The van der Waals surface area contributed by atoms with Crippen LogP contribution in [0.15, 0.2) is 16.5 Å². The molecular weight excluding hydrogens is 268 g/mol. The number of carbonyl (C=O) groups excluding carboxylic acids is 1. The number of likely N-dealkylation sites (tertiary alicyclic amines) is 1. The highest BCUT2D eigenvalue weighted by molar-refractivity contribution is 5.91. The van der Waals surface area contributed by atoms with E-state index in [9.17, 15) is 4.79 Å². The summed E-state index contributed by atoms with van der Waals surface area (Å²) < 4.78 is 7.39. The largest absolute Gasteiger partial charge is 0.456 e. The fourth-order valence-corrected chi connectivity index (χ4v) is 2.93. The first-order chi connectivity index (χ1) is 10.0. The van der Waals surface area contributed by atoms with Gasteiger partial charge in [-0.15, -0.1) is 0 Å². The zero-order valence-corrected chi connectivity index (χ0v) is 12.7. The summed E-state index contributed by atoms with van der Waals surface area (Å²) in [5, 5.41) is 4.45. The van der Waals surface area contributed by atoms with E-state index in [0.717, 1.165) is 36.8 Å². The number of aromatic nitrogens is 3. The molecule has 3 rings (SSSR count). The molecule has 0 spiro atoms. The van der Waals surface area contributed by atoms with Gasteiger partial charge in [-0.1, -0.05) is 0 Å². The van der Waals surface area contributed by atoms with Crippen LogP contribution in [0.3, 0.4) is 0 Å². The Kier molecular flexibility index (Phi) is 3.53. The predicted octanol–water partition coefficient (Wildman–Crippen LogP) is 2.27. The highest BCUT2D eigenvalue weighted by atomic mass is 16.3. The van der Waals surface area contributed by atoms with E-state index in [0.29, 0.717) is 12.3 Å². The predicted molar refractivity (Wildman–Crippen MR) is 77.1 cm³/mol.